The summed E-state index contributed by atoms with van der Waals surface area (Å²) < 4.78 is 0.489. The Morgan fingerprint density at radius 1 is 1.17 bits per heavy atom. The minimum Gasteiger partial charge on any atom is -0.169 e. The molecule has 0 aliphatic heterocycles. The van der Waals surface area contributed by atoms with Crippen molar-refractivity contribution in [2.24, 2.45) is 0 Å². The van der Waals surface area contributed by atoms with Crippen LogP contribution in [0.3, 0.4) is 0 Å². The monoisotopic (exact) mass is 314 g/mol. The molecule has 0 aromatic carbocycles. The van der Waals surface area contributed by atoms with Gasteiger partial charge in [-0.2, -0.15) is 11.8 Å². The SMILES string of the molecule is CSC.[B]CCCCCC(Br)Br. The molecular weight excluding hydrogens is 299 g/mol. The van der Waals surface area contributed by atoms with Crippen molar-refractivity contribution in [1.82, 2.24) is 0 Å². The largest absolute Gasteiger partial charge is 0.169 e. The highest BCUT2D eigenvalue weighted by molar-refractivity contribution is 9.24. The van der Waals surface area contributed by atoms with Gasteiger partial charge in [0.2, 0.25) is 0 Å². The molecule has 0 saturated carbocycles. The summed E-state index contributed by atoms with van der Waals surface area (Å²) in [5.41, 5.74) is 0. The summed E-state index contributed by atoms with van der Waals surface area (Å²) in [6.45, 7) is 0. The molecule has 0 aliphatic carbocycles. The predicted molar refractivity (Wildman–Crippen MR) is 70.1 cm³/mol. The molecular formula is C8H17BBr2S. The normalized spacial score (nSPS) is 9.42. The fourth-order valence-corrected chi connectivity index (χ4v) is 1.27. The van der Waals surface area contributed by atoms with Crippen LogP contribution in [0, 0.1) is 0 Å². The summed E-state index contributed by atoms with van der Waals surface area (Å²) in [7, 11) is 5.32. The molecule has 0 unspecified atom stereocenters. The maximum atomic E-state index is 5.32. The Morgan fingerprint density at radius 3 is 2.00 bits per heavy atom. The Balaban J connectivity index is 0. The minimum atomic E-state index is 0.489. The van der Waals surface area contributed by atoms with Crippen LogP contribution in [-0.2, 0) is 0 Å². The second-order valence-corrected chi connectivity index (χ2v) is 6.69. The number of hydrogen-bond donors (Lipinski definition) is 0. The summed E-state index contributed by atoms with van der Waals surface area (Å²) in [6.07, 6.45) is 9.78. The van der Waals surface area contributed by atoms with Gasteiger partial charge in [0.25, 0.3) is 0 Å². The average molecular weight is 316 g/mol. The number of rotatable bonds is 5. The first-order valence-electron chi connectivity index (χ1n) is 4.07. The van der Waals surface area contributed by atoms with Gasteiger partial charge in [0.05, 0.1) is 11.6 Å². The van der Waals surface area contributed by atoms with Crippen LogP contribution >= 0.6 is 43.6 Å². The van der Waals surface area contributed by atoms with Crippen LogP contribution in [0.2, 0.25) is 6.32 Å². The molecule has 12 heavy (non-hydrogen) atoms. The van der Waals surface area contributed by atoms with E-state index in [1.54, 1.807) is 11.8 Å². The van der Waals surface area contributed by atoms with Gasteiger partial charge in [-0.3, -0.25) is 0 Å². The van der Waals surface area contributed by atoms with Gasteiger partial charge >= 0.3 is 0 Å². The fourth-order valence-electron chi connectivity index (χ4n) is 0.620. The van der Waals surface area contributed by atoms with Crippen LogP contribution in [0.15, 0.2) is 0 Å². The van der Waals surface area contributed by atoms with Gasteiger partial charge in [-0.05, 0) is 18.9 Å². The van der Waals surface area contributed by atoms with Crippen molar-refractivity contribution in [3.8, 4) is 0 Å². The van der Waals surface area contributed by atoms with E-state index in [9.17, 15) is 0 Å². The number of alkyl halides is 2. The van der Waals surface area contributed by atoms with E-state index >= 15 is 0 Å². The number of hydrogen-bond acceptors (Lipinski definition) is 1. The van der Waals surface area contributed by atoms with E-state index in [0.29, 0.717) is 3.74 Å². The van der Waals surface area contributed by atoms with Crippen LogP contribution in [0.25, 0.3) is 0 Å². The van der Waals surface area contributed by atoms with Gasteiger partial charge < -0.3 is 0 Å². The van der Waals surface area contributed by atoms with Gasteiger partial charge in [0, 0.05) is 0 Å². The summed E-state index contributed by atoms with van der Waals surface area (Å²) in [6, 6.07) is 0. The molecule has 0 fully saturated rings. The van der Waals surface area contributed by atoms with Crippen molar-refractivity contribution in [3.63, 3.8) is 0 Å². The molecule has 0 rings (SSSR count). The molecule has 0 atom stereocenters. The van der Waals surface area contributed by atoms with E-state index in [2.05, 4.69) is 31.9 Å². The zero-order valence-corrected chi connectivity index (χ0v) is 11.8. The minimum absolute atomic E-state index is 0.489. The van der Waals surface area contributed by atoms with Crippen molar-refractivity contribution in [1.29, 1.82) is 0 Å². The second-order valence-electron chi connectivity index (χ2n) is 2.44. The zero-order valence-electron chi connectivity index (χ0n) is 7.85. The van der Waals surface area contributed by atoms with E-state index < -0.39 is 0 Å². The lowest BCUT2D eigenvalue weighted by molar-refractivity contribution is 0.701. The van der Waals surface area contributed by atoms with Crippen LogP contribution < -0.4 is 0 Å². The highest BCUT2D eigenvalue weighted by Gasteiger charge is 1.95. The molecule has 0 bridgehead atoms. The maximum Gasteiger partial charge on any atom is 0.0697 e. The third-order valence-electron chi connectivity index (χ3n) is 1.13. The smallest absolute Gasteiger partial charge is 0.0697 e. The molecule has 0 saturated heterocycles. The molecule has 0 nitrogen and oxygen atoms in total. The molecule has 72 valence electrons. The molecule has 0 heterocycles. The summed E-state index contributed by atoms with van der Waals surface area (Å²) >= 11 is 8.57. The van der Waals surface area contributed by atoms with Crippen LogP contribution in [-0.4, -0.2) is 24.1 Å². The summed E-state index contributed by atoms with van der Waals surface area (Å²) in [5.74, 6) is 0. The Kier molecular flexibility index (Phi) is 19.6. The van der Waals surface area contributed by atoms with Crippen molar-refractivity contribution >= 4 is 51.5 Å². The Labute approximate surface area is 99.3 Å². The third kappa shape index (κ3) is 22.5. The highest BCUT2D eigenvalue weighted by atomic mass is 79.9. The Bertz CT molecular complexity index is 72.1. The van der Waals surface area contributed by atoms with Crippen molar-refractivity contribution in [2.45, 2.75) is 35.7 Å². The molecule has 4 heteroatoms. The Morgan fingerprint density at radius 2 is 1.67 bits per heavy atom. The first kappa shape index (κ1) is 15.8. The van der Waals surface area contributed by atoms with Crippen molar-refractivity contribution in [2.75, 3.05) is 12.5 Å². The lowest BCUT2D eigenvalue weighted by Gasteiger charge is -1.99. The standard InChI is InChI=1S/C6H11BBr2.C2H6S/c7-5-3-1-2-4-6(8)9;1-3-2/h6H,1-5H2;1-2H3. The lowest BCUT2D eigenvalue weighted by Crippen LogP contribution is -1.84. The first-order chi connectivity index (χ1) is 5.68. The third-order valence-corrected chi connectivity index (χ3v) is 2.04. The fraction of sp³-hybridized carbons (Fsp3) is 1.00. The second kappa shape index (κ2) is 14.9. The van der Waals surface area contributed by atoms with Gasteiger partial charge in [-0.25, -0.2) is 0 Å². The first-order valence-corrected chi connectivity index (χ1v) is 7.53. The quantitative estimate of drug-likeness (QED) is 0.416. The van der Waals surface area contributed by atoms with Crippen LogP contribution in [0.5, 0.6) is 0 Å². The number of halogens is 2. The summed E-state index contributed by atoms with van der Waals surface area (Å²) in [4.78, 5) is 0. The van der Waals surface area contributed by atoms with Crippen LogP contribution in [0.1, 0.15) is 25.7 Å². The van der Waals surface area contributed by atoms with Gasteiger partial charge in [0.15, 0.2) is 0 Å². The van der Waals surface area contributed by atoms with Crippen molar-refractivity contribution < 1.29 is 0 Å². The van der Waals surface area contributed by atoms with E-state index in [1.807, 2.05) is 12.5 Å². The van der Waals surface area contributed by atoms with Crippen LogP contribution in [0.4, 0.5) is 0 Å². The molecule has 0 spiro atoms. The van der Waals surface area contributed by atoms with E-state index in [-0.39, 0.29) is 0 Å². The topological polar surface area (TPSA) is 0 Å². The maximum absolute atomic E-state index is 5.32. The van der Waals surface area contributed by atoms with Gasteiger partial charge in [0.1, 0.15) is 0 Å². The summed E-state index contributed by atoms with van der Waals surface area (Å²) in [5, 5.41) is 0. The molecule has 0 aromatic rings. The average Bonchev–Trinajstić information content (AvgIpc) is 1.99. The molecule has 0 amide bonds. The molecule has 0 N–H and O–H groups in total. The lowest BCUT2D eigenvalue weighted by atomic mass is 9.99. The van der Waals surface area contributed by atoms with Gasteiger partial charge in [-0.1, -0.05) is 57.4 Å². The molecule has 2 radical (unpaired) electrons. The van der Waals surface area contributed by atoms with E-state index in [4.69, 9.17) is 7.85 Å². The van der Waals surface area contributed by atoms with E-state index in [0.717, 1.165) is 12.7 Å². The molecule has 0 aliphatic rings. The Hall–Kier alpha value is 1.37. The highest BCUT2D eigenvalue weighted by Crippen LogP contribution is 2.16. The van der Waals surface area contributed by atoms with Gasteiger partial charge in [-0.15, -0.1) is 0 Å². The number of thioether (sulfide) groups is 1. The van der Waals surface area contributed by atoms with E-state index in [1.165, 1.54) is 19.3 Å². The number of unbranched alkanes of at least 4 members (excludes halogenated alkanes) is 2. The molecule has 0 aromatic heterocycles. The predicted octanol–water partition coefficient (Wildman–Crippen LogP) is 4.23. The zero-order chi connectivity index (χ0) is 9.82. The van der Waals surface area contributed by atoms with Crippen molar-refractivity contribution in [3.05, 3.63) is 0 Å².